The van der Waals surface area contributed by atoms with Crippen molar-refractivity contribution >= 4 is 35.6 Å². The molecule has 2 heterocycles. The first kappa shape index (κ1) is 25.5. The molecule has 1 aliphatic rings. The predicted octanol–water partition coefficient (Wildman–Crippen LogP) is 2.75. The standard InChI is InChI=1S/C24H31N5O4S/c1-4-13-29(25-3)18-10-8-17(9-11-18)16(2)27-22(32)20(30)21(31)24(33)28-14-6-5-7-19(28)23-26-12-15-34-23/h4,8-13,15-16,19-21,30-31H,3,5-7,14H2,1-2H3,(H,27,32)/b13-4-/t16-,19?,20-,21-/m1/s1. The smallest absolute Gasteiger partial charge is 0.255 e. The molecule has 0 saturated carbocycles. The van der Waals surface area contributed by atoms with Gasteiger partial charge < -0.3 is 20.4 Å². The van der Waals surface area contributed by atoms with Gasteiger partial charge in [-0.15, -0.1) is 11.3 Å². The van der Waals surface area contributed by atoms with Crippen LogP contribution in [0.5, 0.6) is 0 Å². The van der Waals surface area contributed by atoms with Gasteiger partial charge in [-0.05, 0) is 50.8 Å². The minimum Gasteiger partial charge on any atom is -0.380 e. The zero-order valence-electron chi connectivity index (χ0n) is 19.4. The molecule has 1 fully saturated rings. The Bertz CT molecular complexity index is 995. The molecule has 0 radical (unpaired) electrons. The summed E-state index contributed by atoms with van der Waals surface area (Å²) in [6, 6.07) is 6.59. The average molecular weight is 486 g/mol. The SMILES string of the molecule is C=NN(/C=C\C)c1ccc([C@@H](C)NC(=O)[C@H](O)[C@@H](O)C(=O)N2CCCCC2c2nccs2)cc1. The first-order chi connectivity index (χ1) is 16.4. The van der Waals surface area contributed by atoms with E-state index in [0.717, 1.165) is 35.5 Å². The third-order valence-corrected chi connectivity index (χ3v) is 6.68. The molecule has 10 heteroatoms. The van der Waals surface area contributed by atoms with Crippen LogP contribution in [0.4, 0.5) is 5.69 Å². The maximum absolute atomic E-state index is 13.0. The number of thiazole rings is 1. The number of hydrogen-bond acceptors (Lipinski definition) is 8. The number of nitrogens with zero attached hydrogens (tertiary/aromatic N) is 4. The molecule has 0 spiro atoms. The summed E-state index contributed by atoms with van der Waals surface area (Å²) < 4.78 is 0. The number of aliphatic hydroxyl groups is 2. The number of benzene rings is 1. The van der Waals surface area contributed by atoms with Gasteiger partial charge in [-0.3, -0.25) is 9.59 Å². The summed E-state index contributed by atoms with van der Waals surface area (Å²) in [6.45, 7) is 7.61. The van der Waals surface area contributed by atoms with Gasteiger partial charge in [0.2, 0.25) is 0 Å². The van der Waals surface area contributed by atoms with Crippen LogP contribution in [0.15, 0.2) is 53.2 Å². The molecule has 2 aromatic rings. The van der Waals surface area contributed by atoms with Crippen molar-refractivity contribution in [2.45, 2.75) is 57.4 Å². The molecule has 0 bridgehead atoms. The fourth-order valence-electron chi connectivity index (χ4n) is 3.95. The molecule has 34 heavy (non-hydrogen) atoms. The number of amides is 2. The molecule has 1 unspecified atom stereocenters. The monoisotopic (exact) mass is 485 g/mol. The predicted molar refractivity (Wildman–Crippen MR) is 132 cm³/mol. The molecule has 3 rings (SSSR count). The number of carbonyl (C=O) groups is 2. The Morgan fingerprint density at radius 3 is 2.65 bits per heavy atom. The van der Waals surface area contributed by atoms with Crippen molar-refractivity contribution in [3.8, 4) is 0 Å². The van der Waals surface area contributed by atoms with Crippen LogP contribution in [-0.4, -0.2) is 57.4 Å². The fourth-order valence-corrected chi connectivity index (χ4v) is 4.74. The van der Waals surface area contributed by atoms with Crippen molar-refractivity contribution in [1.29, 1.82) is 0 Å². The summed E-state index contributed by atoms with van der Waals surface area (Å²) in [5, 5.41) is 31.8. The number of nitrogens with one attached hydrogen (secondary N) is 1. The summed E-state index contributed by atoms with van der Waals surface area (Å²) >= 11 is 1.45. The number of allylic oxidation sites excluding steroid dienone is 1. The van der Waals surface area contributed by atoms with Crippen molar-refractivity contribution in [3.05, 3.63) is 58.7 Å². The lowest BCUT2D eigenvalue weighted by Gasteiger charge is -2.36. The summed E-state index contributed by atoms with van der Waals surface area (Å²) in [6.07, 6.45) is 4.00. The van der Waals surface area contributed by atoms with E-state index in [9.17, 15) is 19.8 Å². The Kier molecular flexibility index (Phi) is 8.91. The maximum Gasteiger partial charge on any atom is 0.255 e. The highest BCUT2D eigenvalue weighted by atomic mass is 32.1. The number of likely N-dealkylation sites (tertiary alicyclic amines) is 1. The number of piperidine rings is 1. The van der Waals surface area contributed by atoms with Gasteiger partial charge in [-0.2, -0.15) is 5.10 Å². The Hall–Kier alpha value is -3.08. The number of aliphatic hydroxyl groups excluding tert-OH is 2. The van der Waals surface area contributed by atoms with Crippen LogP contribution in [-0.2, 0) is 9.59 Å². The van der Waals surface area contributed by atoms with Gasteiger partial charge in [0, 0.05) is 31.0 Å². The van der Waals surface area contributed by atoms with E-state index >= 15 is 0 Å². The number of hydrazone groups is 1. The van der Waals surface area contributed by atoms with E-state index in [1.165, 1.54) is 16.2 Å². The van der Waals surface area contributed by atoms with E-state index in [2.05, 4.69) is 22.1 Å². The number of carbonyl (C=O) groups excluding carboxylic acids is 2. The molecule has 2 amide bonds. The van der Waals surface area contributed by atoms with Crippen molar-refractivity contribution in [2.75, 3.05) is 11.6 Å². The van der Waals surface area contributed by atoms with Gasteiger partial charge in [-0.1, -0.05) is 18.2 Å². The lowest BCUT2D eigenvalue weighted by atomic mass is 10.0. The summed E-state index contributed by atoms with van der Waals surface area (Å²) in [4.78, 5) is 31.4. The van der Waals surface area contributed by atoms with Gasteiger partial charge >= 0.3 is 0 Å². The first-order valence-corrected chi connectivity index (χ1v) is 12.1. The molecule has 1 aromatic carbocycles. The molecule has 0 aliphatic carbocycles. The molecule has 9 nitrogen and oxygen atoms in total. The van der Waals surface area contributed by atoms with Crippen LogP contribution in [0.25, 0.3) is 0 Å². The van der Waals surface area contributed by atoms with Crippen molar-refractivity contribution in [1.82, 2.24) is 15.2 Å². The molecule has 182 valence electrons. The minimum atomic E-state index is -1.89. The second kappa shape index (κ2) is 11.9. The second-order valence-electron chi connectivity index (χ2n) is 8.09. The van der Waals surface area contributed by atoms with E-state index in [0.29, 0.717) is 6.54 Å². The fraction of sp³-hybridized carbons (Fsp3) is 0.417. The summed E-state index contributed by atoms with van der Waals surface area (Å²) in [7, 11) is 0. The van der Waals surface area contributed by atoms with Crippen LogP contribution in [0.2, 0.25) is 0 Å². The van der Waals surface area contributed by atoms with Crippen LogP contribution >= 0.6 is 11.3 Å². The first-order valence-electron chi connectivity index (χ1n) is 11.2. The Morgan fingerprint density at radius 1 is 1.29 bits per heavy atom. The van der Waals surface area contributed by atoms with E-state index in [-0.39, 0.29) is 6.04 Å². The zero-order valence-corrected chi connectivity index (χ0v) is 20.2. The molecular formula is C24H31N5O4S. The highest BCUT2D eigenvalue weighted by molar-refractivity contribution is 7.09. The van der Waals surface area contributed by atoms with Gasteiger partial charge in [0.1, 0.15) is 5.01 Å². The Balaban J connectivity index is 1.62. The maximum atomic E-state index is 13.0. The third kappa shape index (κ3) is 5.88. The second-order valence-corrected chi connectivity index (χ2v) is 9.02. The van der Waals surface area contributed by atoms with Gasteiger partial charge in [0.25, 0.3) is 11.8 Å². The summed E-state index contributed by atoms with van der Waals surface area (Å²) in [5.74, 6) is -1.48. The van der Waals surface area contributed by atoms with E-state index in [1.54, 1.807) is 24.3 Å². The van der Waals surface area contributed by atoms with Gasteiger partial charge in [-0.25, -0.2) is 9.99 Å². The van der Waals surface area contributed by atoms with Crippen LogP contribution < -0.4 is 10.3 Å². The summed E-state index contributed by atoms with van der Waals surface area (Å²) in [5.41, 5.74) is 1.59. The number of aromatic nitrogens is 1. The van der Waals surface area contributed by atoms with E-state index in [4.69, 9.17) is 0 Å². The average Bonchev–Trinajstić information content (AvgIpc) is 3.41. The number of hydrogen-bond donors (Lipinski definition) is 3. The Morgan fingerprint density at radius 2 is 2.03 bits per heavy atom. The highest BCUT2D eigenvalue weighted by Crippen LogP contribution is 2.32. The third-order valence-electron chi connectivity index (χ3n) is 5.80. The lowest BCUT2D eigenvalue weighted by Crippen LogP contribution is -2.52. The van der Waals surface area contributed by atoms with Crippen LogP contribution in [0.3, 0.4) is 0 Å². The molecule has 1 saturated heterocycles. The van der Waals surface area contributed by atoms with Crippen molar-refractivity contribution < 1.29 is 19.8 Å². The normalized spacial score (nSPS) is 18.8. The van der Waals surface area contributed by atoms with Crippen LogP contribution in [0, 0.1) is 0 Å². The minimum absolute atomic E-state index is 0.254. The van der Waals surface area contributed by atoms with E-state index < -0.39 is 30.1 Å². The largest absolute Gasteiger partial charge is 0.380 e. The topological polar surface area (TPSA) is 118 Å². The van der Waals surface area contributed by atoms with Gasteiger partial charge in [0.05, 0.1) is 17.8 Å². The number of rotatable bonds is 9. The molecular weight excluding hydrogens is 454 g/mol. The molecule has 1 aromatic heterocycles. The van der Waals surface area contributed by atoms with E-state index in [1.807, 2.05) is 42.6 Å². The zero-order chi connectivity index (χ0) is 24.7. The molecule has 1 aliphatic heterocycles. The Labute approximate surface area is 203 Å². The molecule has 4 atom stereocenters. The quantitative estimate of drug-likeness (QED) is 0.371. The lowest BCUT2D eigenvalue weighted by molar-refractivity contribution is -0.156. The highest BCUT2D eigenvalue weighted by Gasteiger charge is 2.38. The van der Waals surface area contributed by atoms with Gasteiger partial charge in [0.15, 0.2) is 12.2 Å². The van der Waals surface area contributed by atoms with Crippen molar-refractivity contribution in [2.24, 2.45) is 5.10 Å². The van der Waals surface area contributed by atoms with Crippen LogP contribution in [0.1, 0.15) is 55.8 Å². The molecule has 3 N–H and O–H groups in total. The van der Waals surface area contributed by atoms with Crippen molar-refractivity contribution in [3.63, 3.8) is 0 Å². The number of anilines is 1.